The predicted molar refractivity (Wildman–Crippen MR) is 134 cm³/mol. The van der Waals surface area contributed by atoms with Crippen LogP contribution in [-0.2, 0) is 4.57 Å². The van der Waals surface area contributed by atoms with E-state index in [0.717, 1.165) is 31.5 Å². The molecule has 1 atom stereocenters. The molecule has 0 saturated carbocycles. The minimum Gasteiger partial charge on any atom is -0.399 e. The molecule has 3 aromatic carbocycles. The smallest absolute Gasteiger partial charge is 0.399 e. The van der Waals surface area contributed by atoms with Gasteiger partial charge in [-0.2, -0.15) is 0 Å². The number of hydrogen-bond acceptors (Lipinski definition) is 3. The monoisotopic (exact) mass is 460 g/mol. The number of amidine groups is 1. The Hall–Kier alpha value is -3.30. The summed E-state index contributed by atoms with van der Waals surface area (Å²) in [5.41, 5.74) is 1.09. The second-order valence-electron chi connectivity index (χ2n) is 7.92. The normalized spacial score (nSPS) is 15.2. The Morgan fingerprint density at radius 1 is 0.879 bits per heavy atom. The van der Waals surface area contributed by atoms with Crippen LogP contribution in [0.1, 0.15) is 30.7 Å². The molecule has 33 heavy (non-hydrogen) atoms. The number of nitrogens with zero attached hydrogens (tertiary/aromatic N) is 2. The molecule has 1 aliphatic heterocycles. The molecule has 1 unspecified atom stereocenters. The average molecular weight is 461 g/mol. The molecule has 6 heteroatoms. The zero-order valence-corrected chi connectivity index (χ0v) is 19.5. The SMILES string of the molecule is C=CCC(C(=NP(=O)(Oc1ccccc1)Oc1ccccc1)N1CCCC1)c1ccccc1. The molecule has 3 aromatic rings. The fraction of sp³-hybridized carbons (Fsp3) is 0.222. The van der Waals surface area contributed by atoms with Crippen molar-refractivity contribution in [2.45, 2.75) is 25.2 Å². The van der Waals surface area contributed by atoms with Crippen LogP contribution in [0, 0.1) is 0 Å². The van der Waals surface area contributed by atoms with Gasteiger partial charge in [-0.15, -0.1) is 11.3 Å². The highest BCUT2D eigenvalue weighted by Crippen LogP contribution is 2.51. The number of rotatable bonds is 9. The zero-order chi connectivity index (χ0) is 22.9. The van der Waals surface area contributed by atoms with Crippen LogP contribution in [-0.4, -0.2) is 23.8 Å². The lowest BCUT2D eigenvalue weighted by Gasteiger charge is -2.28. The van der Waals surface area contributed by atoms with E-state index in [1.54, 1.807) is 24.3 Å². The van der Waals surface area contributed by atoms with E-state index in [-0.39, 0.29) is 5.92 Å². The highest BCUT2D eigenvalue weighted by Gasteiger charge is 2.34. The molecule has 1 heterocycles. The maximum Gasteiger partial charge on any atom is 0.565 e. The summed E-state index contributed by atoms with van der Waals surface area (Å²) in [6.45, 7) is 5.68. The third kappa shape index (κ3) is 6.15. The first-order valence-corrected chi connectivity index (χ1v) is 12.8. The highest BCUT2D eigenvalue weighted by atomic mass is 31.2. The largest absolute Gasteiger partial charge is 0.565 e. The zero-order valence-electron chi connectivity index (χ0n) is 18.6. The summed E-state index contributed by atoms with van der Waals surface area (Å²) < 4.78 is 30.9. The first kappa shape index (κ1) is 22.9. The lowest BCUT2D eigenvalue weighted by molar-refractivity contribution is 0.385. The van der Waals surface area contributed by atoms with Crippen molar-refractivity contribution in [2.24, 2.45) is 4.76 Å². The van der Waals surface area contributed by atoms with E-state index >= 15 is 0 Å². The quantitative estimate of drug-likeness (QED) is 0.148. The summed E-state index contributed by atoms with van der Waals surface area (Å²) in [5, 5.41) is 0. The Morgan fingerprint density at radius 3 is 1.85 bits per heavy atom. The van der Waals surface area contributed by atoms with E-state index in [4.69, 9.17) is 13.8 Å². The molecule has 0 bridgehead atoms. The van der Waals surface area contributed by atoms with Gasteiger partial charge in [0.25, 0.3) is 0 Å². The maximum atomic E-state index is 14.2. The van der Waals surface area contributed by atoms with E-state index < -0.39 is 7.75 Å². The Labute approximate surface area is 196 Å². The van der Waals surface area contributed by atoms with E-state index in [1.807, 2.05) is 60.7 Å². The molecule has 0 aliphatic carbocycles. The van der Waals surface area contributed by atoms with Crippen LogP contribution in [0.5, 0.6) is 11.5 Å². The third-order valence-electron chi connectivity index (χ3n) is 5.50. The van der Waals surface area contributed by atoms with Gasteiger partial charge in [0.2, 0.25) is 0 Å². The fourth-order valence-corrected chi connectivity index (χ4v) is 5.37. The lowest BCUT2D eigenvalue weighted by Crippen LogP contribution is -2.33. The second kappa shape index (κ2) is 11.0. The maximum absolute atomic E-state index is 14.2. The molecule has 0 amide bonds. The van der Waals surface area contributed by atoms with Crippen molar-refractivity contribution in [3.8, 4) is 11.5 Å². The summed E-state index contributed by atoms with van der Waals surface area (Å²) in [6, 6.07) is 28.2. The van der Waals surface area contributed by atoms with Crippen LogP contribution in [0.25, 0.3) is 0 Å². The van der Waals surface area contributed by atoms with Gasteiger partial charge in [-0.25, -0.2) is 4.57 Å². The van der Waals surface area contributed by atoms with E-state index in [0.29, 0.717) is 23.8 Å². The number of para-hydroxylation sites is 2. The molecule has 0 N–H and O–H groups in total. The summed E-state index contributed by atoms with van der Waals surface area (Å²) in [7, 11) is -3.96. The number of allylic oxidation sites excluding steroid dienone is 1. The van der Waals surface area contributed by atoms with Crippen LogP contribution < -0.4 is 9.05 Å². The van der Waals surface area contributed by atoms with E-state index in [9.17, 15) is 4.57 Å². The molecule has 0 spiro atoms. The van der Waals surface area contributed by atoms with E-state index in [1.165, 1.54) is 0 Å². The van der Waals surface area contributed by atoms with Crippen molar-refractivity contribution in [1.82, 2.24) is 4.90 Å². The summed E-state index contributed by atoms with van der Waals surface area (Å²) in [6.07, 6.45) is 4.68. The van der Waals surface area contributed by atoms with Crippen LogP contribution in [0.4, 0.5) is 0 Å². The summed E-state index contributed by atoms with van der Waals surface area (Å²) in [4.78, 5) is 2.20. The minimum absolute atomic E-state index is 0.103. The van der Waals surface area contributed by atoms with Crippen molar-refractivity contribution < 1.29 is 13.6 Å². The van der Waals surface area contributed by atoms with Gasteiger partial charge in [-0.1, -0.05) is 72.8 Å². The first-order chi connectivity index (χ1) is 16.2. The minimum atomic E-state index is -3.96. The predicted octanol–water partition coefficient (Wildman–Crippen LogP) is 7.11. The number of benzene rings is 3. The van der Waals surface area contributed by atoms with Crippen LogP contribution in [0.2, 0.25) is 0 Å². The fourth-order valence-electron chi connectivity index (χ4n) is 3.96. The molecule has 4 rings (SSSR count). The molecule has 1 saturated heterocycles. The molecule has 0 aromatic heterocycles. The molecular weight excluding hydrogens is 431 g/mol. The van der Waals surface area contributed by atoms with Crippen molar-refractivity contribution in [1.29, 1.82) is 0 Å². The highest BCUT2D eigenvalue weighted by molar-refractivity contribution is 7.53. The lowest BCUT2D eigenvalue weighted by atomic mass is 9.94. The van der Waals surface area contributed by atoms with Gasteiger partial charge in [0.05, 0.1) is 0 Å². The topological polar surface area (TPSA) is 51.1 Å². The van der Waals surface area contributed by atoms with Crippen molar-refractivity contribution in [3.05, 3.63) is 109 Å². The Bertz CT molecular complexity index is 1050. The summed E-state index contributed by atoms with van der Waals surface area (Å²) in [5.74, 6) is 1.50. The van der Waals surface area contributed by atoms with Crippen molar-refractivity contribution in [3.63, 3.8) is 0 Å². The average Bonchev–Trinajstić information content (AvgIpc) is 3.38. The molecule has 5 nitrogen and oxygen atoms in total. The molecule has 1 fully saturated rings. The van der Waals surface area contributed by atoms with Crippen molar-refractivity contribution in [2.75, 3.05) is 13.1 Å². The van der Waals surface area contributed by atoms with Crippen LogP contribution in [0.3, 0.4) is 0 Å². The Kier molecular flexibility index (Phi) is 7.64. The number of hydrogen-bond donors (Lipinski definition) is 0. The molecule has 170 valence electrons. The molecule has 1 aliphatic rings. The second-order valence-corrected chi connectivity index (χ2v) is 9.42. The number of likely N-dealkylation sites (tertiary alicyclic amines) is 1. The van der Waals surface area contributed by atoms with Crippen LogP contribution in [0.15, 0.2) is 108 Å². The summed E-state index contributed by atoms with van der Waals surface area (Å²) >= 11 is 0. The first-order valence-electron chi connectivity index (χ1n) is 11.3. The van der Waals surface area contributed by atoms with Gasteiger partial charge in [-0.05, 0) is 49.1 Å². The van der Waals surface area contributed by atoms with Gasteiger partial charge in [0, 0.05) is 19.0 Å². The van der Waals surface area contributed by atoms with Crippen LogP contribution >= 0.6 is 7.75 Å². The van der Waals surface area contributed by atoms with Gasteiger partial charge >= 0.3 is 7.75 Å². The third-order valence-corrected chi connectivity index (χ3v) is 6.83. The van der Waals surface area contributed by atoms with Gasteiger partial charge in [0.15, 0.2) is 0 Å². The Balaban J connectivity index is 1.79. The molecular formula is C27H29N2O3P. The standard InChI is InChI=1S/C27H29N2O3P/c1-2-14-26(23-15-6-3-7-16-23)27(29-21-12-13-22-29)28-33(30,31-24-17-8-4-9-18-24)32-25-19-10-5-11-20-25/h2-11,15-20,26H,1,12-14,21-22H2. The van der Waals surface area contributed by atoms with Gasteiger partial charge in [-0.3, -0.25) is 0 Å². The van der Waals surface area contributed by atoms with Gasteiger partial charge in [0.1, 0.15) is 17.3 Å². The van der Waals surface area contributed by atoms with E-state index in [2.05, 4.69) is 23.6 Å². The van der Waals surface area contributed by atoms with Crippen molar-refractivity contribution >= 4 is 13.6 Å². The molecule has 0 radical (unpaired) electrons. The van der Waals surface area contributed by atoms with Gasteiger partial charge < -0.3 is 13.9 Å². The Morgan fingerprint density at radius 2 is 1.36 bits per heavy atom.